The molecule has 0 saturated heterocycles. The van der Waals surface area contributed by atoms with Crippen LogP contribution < -0.4 is 5.73 Å². The summed E-state index contributed by atoms with van der Waals surface area (Å²) in [5.74, 6) is 0. The van der Waals surface area contributed by atoms with Crippen LogP contribution in [0.3, 0.4) is 0 Å². The molecule has 0 spiro atoms. The number of hydrogen-bond donors (Lipinski definition) is 1. The van der Waals surface area contributed by atoms with Crippen LogP contribution >= 0.6 is 0 Å². The van der Waals surface area contributed by atoms with Gasteiger partial charge in [0.25, 0.3) is 0 Å². The first-order valence-electron chi connectivity index (χ1n) is 7.50. The summed E-state index contributed by atoms with van der Waals surface area (Å²) >= 11 is 0. The zero-order valence-corrected chi connectivity index (χ0v) is 12.4. The Balaban J connectivity index is 1.79. The lowest BCUT2D eigenvalue weighted by atomic mass is 9.95. The van der Waals surface area contributed by atoms with Crippen molar-refractivity contribution in [2.45, 2.75) is 25.8 Å². The first-order valence-corrected chi connectivity index (χ1v) is 7.50. The topological polar surface area (TPSA) is 26.0 Å². The maximum absolute atomic E-state index is 6.38. The van der Waals surface area contributed by atoms with E-state index in [1.807, 2.05) is 0 Å². The molecule has 0 aromatic heterocycles. The van der Waals surface area contributed by atoms with E-state index in [0.717, 1.165) is 12.8 Å². The Morgan fingerprint density at radius 2 is 1.62 bits per heavy atom. The van der Waals surface area contributed by atoms with Gasteiger partial charge in [0.2, 0.25) is 0 Å². The van der Waals surface area contributed by atoms with Crippen LogP contribution in [0.25, 0.3) is 10.8 Å². The molecule has 0 saturated carbocycles. The second-order valence-electron chi connectivity index (χ2n) is 5.80. The van der Waals surface area contributed by atoms with Crippen LogP contribution in [0.15, 0.2) is 66.7 Å². The molecular formula is C20H21N. The zero-order valence-electron chi connectivity index (χ0n) is 12.4. The lowest BCUT2D eigenvalue weighted by molar-refractivity contribution is 0.667. The molecule has 3 rings (SSSR count). The quantitative estimate of drug-likeness (QED) is 0.756. The fraction of sp³-hybridized carbons (Fsp3) is 0.200. The molecule has 0 amide bonds. The van der Waals surface area contributed by atoms with Crippen molar-refractivity contribution in [2.24, 2.45) is 5.73 Å². The number of rotatable bonds is 4. The molecule has 0 aliphatic carbocycles. The van der Waals surface area contributed by atoms with Crippen molar-refractivity contribution in [2.75, 3.05) is 0 Å². The van der Waals surface area contributed by atoms with Gasteiger partial charge in [-0.15, -0.1) is 0 Å². The number of fused-ring (bicyclic) bond motifs is 1. The average molecular weight is 275 g/mol. The molecule has 1 unspecified atom stereocenters. The predicted octanol–water partition coefficient (Wildman–Crippen LogP) is 4.26. The molecule has 2 N–H and O–H groups in total. The molecule has 0 aliphatic heterocycles. The molecule has 106 valence electrons. The summed E-state index contributed by atoms with van der Waals surface area (Å²) in [7, 11) is 0. The molecular weight excluding hydrogens is 254 g/mol. The van der Waals surface area contributed by atoms with Gasteiger partial charge in [-0.05, 0) is 41.7 Å². The third kappa shape index (κ3) is 3.32. The summed E-state index contributed by atoms with van der Waals surface area (Å²) in [6.07, 6.45) is 1.83. The summed E-state index contributed by atoms with van der Waals surface area (Å²) in [4.78, 5) is 0. The van der Waals surface area contributed by atoms with Crippen molar-refractivity contribution in [3.63, 3.8) is 0 Å². The van der Waals surface area contributed by atoms with Gasteiger partial charge in [0.15, 0.2) is 0 Å². The monoisotopic (exact) mass is 275 g/mol. The molecule has 0 aliphatic rings. The van der Waals surface area contributed by atoms with Crippen molar-refractivity contribution >= 4 is 10.8 Å². The highest BCUT2D eigenvalue weighted by Gasteiger charge is 2.08. The van der Waals surface area contributed by atoms with E-state index < -0.39 is 0 Å². The normalized spacial score (nSPS) is 12.5. The Bertz CT molecular complexity index is 740. The predicted molar refractivity (Wildman–Crippen MR) is 90.5 cm³/mol. The van der Waals surface area contributed by atoms with E-state index in [2.05, 4.69) is 73.7 Å². The lowest BCUT2D eigenvalue weighted by Gasteiger charge is -2.14. The Labute approximate surface area is 126 Å². The number of hydrogen-bond acceptors (Lipinski definition) is 1. The largest absolute Gasteiger partial charge is 0.327 e. The van der Waals surface area contributed by atoms with Gasteiger partial charge in [0.05, 0.1) is 0 Å². The van der Waals surface area contributed by atoms with Crippen LogP contribution in [0.2, 0.25) is 0 Å². The van der Waals surface area contributed by atoms with Gasteiger partial charge in [0.1, 0.15) is 0 Å². The molecule has 3 aromatic rings. The Morgan fingerprint density at radius 1 is 0.857 bits per heavy atom. The summed E-state index contributed by atoms with van der Waals surface area (Å²) in [5, 5.41) is 2.61. The van der Waals surface area contributed by atoms with Crippen molar-refractivity contribution in [3.05, 3.63) is 83.4 Å². The second-order valence-corrected chi connectivity index (χ2v) is 5.80. The van der Waals surface area contributed by atoms with Crippen LogP contribution in [-0.4, -0.2) is 6.04 Å². The molecule has 21 heavy (non-hydrogen) atoms. The standard InChI is InChI=1S/C20H21N/c1-15-6-4-7-16(12-15)13-19(21)14-18-10-5-9-17-8-2-3-11-20(17)18/h2-12,19H,13-14,21H2,1H3. The smallest absolute Gasteiger partial charge is 0.0120 e. The Hall–Kier alpha value is -2.12. The number of benzene rings is 3. The van der Waals surface area contributed by atoms with Crippen LogP contribution in [-0.2, 0) is 12.8 Å². The van der Waals surface area contributed by atoms with Gasteiger partial charge >= 0.3 is 0 Å². The van der Waals surface area contributed by atoms with E-state index in [1.165, 1.54) is 27.5 Å². The van der Waals surface area contributed by atoms with E-state index in [0.29, 0.717) is 0 Å². The van der Waals surface area contributed by atoms with Gasteiger partial charge in [0, 0.05) is 6.04 Å². The van der Waals surface area contributed by atoms with Gasteiger partial charge in [-0.25, -0.2) is 0 Å². The maximum Gasteiger partial charge on any atom is 0.0120 e. The molecule has 1 nitrogen and oxygen atoms in total. The van der Waals surface area contributed by atoms with E-state index in [4.69, 9.17) is 5.73 Å². The third-order valence-electron chi connectivity index (χ3n) is 3.94. The highest BCUT2D eigenvalue weighted by molar-refractivity contribution is 5.85. The Morgan fingerprint density at radius 3 is 2.48 bits per heavy atom. The minimum absolute atomic E-state index is 0.151. The van der Waals surface area contributed by atoms with Crippen LogP contribution in [0.1, 0.15) is 16.7 Å². The van der Waals surface area contributed by atoms with Gasteiger partial charge in [-0.2, -0.15) is 0 Å². The molecule has 3 aromatic carbocycles. The van der Waals surface area contributed by atoms with Crippen LogP contribution in [0.4, 0.5) is 0 Å². The first kappa shape index (κ1) is 13.8. The van der Waals surface area contributed by atoms with Crippen molar-refractivity contribution in [3.8, 4) is 0 Å². The summed E-state index contributed by atoms with van der Waals surface area (Å²) in [6.45, 7) is 2.12. The number of nitrogens with two attached hydrogens (primary N) is 1. The highest BCUT2D eigenvalue weighted by Crippen LogP contribution is 2.20. The van der Waals surface area contributed by atoms with Crippen LogP contribution in [0.5, 0.6) is 0 Å². The van der Waals surface area contributed by atoms with E-state index in [9.17, 15) is 0 Å². The number of aryl methyl sites for hydroxylation is 1. The Kier molecular flexibility index (Phi) is 4.03. The van der Waals surface area contributed by atoms with Crippen LogP contribution in [0, 0.1) is 6.92 Å². The SMILES string of the molecule is Cc1cccc(CC(N)Cc2cccc3ccccc23)c1. The molecule has 0 bridgehead atoms. The van der Waals surface area contributed by atoms with Crippen molar-refractivity contribution in [1.82, 2.24) is 0 Å². The minimum atomic E-state index is 0.151. The third-order valence-corrected chi connectivity index (χ3v) is 3.94. The fourth-order valence-corrected chi connectivity index (χ4v) is 2.97. The summed E-state index contributed by atoms with van der Waals surface area (Å²) in [5.41, 5.74) is 10.3. The van der Waals surface area contributed by atoms with Gasteiger partial charge in [-0.3, -0.25) is 0 Å². The zero-order chi connectivity index (χ0) is 14.7. The van der Waals surface area contributed by atoms with E-state index in [-0.39, 0.29) is 6.04 Å². The second kappa shape index (κ2) is 6.11. The van der Waals surface area contributed by atoms with Gasteiger partial charge < -0.3 is 5.73 Å². The summed E-state index contributed by atoms with van der Waals surface area (Å²) in [6, 6.07) is 23.8. The van der Waals surface area contributed by atoms with E-state index >= 15 is 0 Å². The molecule has 0 fully saturated rings. The average Bonchev–Trinajstić information content (AvgIpc) is 2.47. The molecule has 1 heteroatoms. The maximum atomic E-state index is 6.38. The van der Waals surface area contributed by atoms with E-state index in [1.54, 1.807) is 0 Å². The van der Waals surface area contributed by atoms with Crippen molar-refractivity contribution < 1.29 is 0 Å². The minimum Gasteiger partial charge on any atom is -0.327 e. The molecule has 1 atom stereocenters. The van der Waals surface area contributed by atoms with Gasteiger partial charge in [-0.1, -0.05) is 72.3 Å². The first-order chi connectivity index (χ1) is 10.2. The molecule has 0 radical (unpaired) electrons. The van der Waals surface area contributed by atoms with Crippen molar-refractivity contribution in [1.29, 1.82) is 0 Å². The lowest BCUT2D eigenvalue weighted by Crippen LogP contribution is -2.25. The summed E-state index contributed by atoms with van der Waals surface area (Å²) < 4.78 is 0. The molecule has 0 heterocycles. The fourth-order valence-electron chi connectivity index (χ4n) is 2.97. The highest BCUT2D eigenvalue weighted by atomic mass is 14.6.